The monoisotopic (exact) mass is 601 g/mol. The molecule has 0 saturated carbocycles. The Bertz CT molecular complexity index is 1710. The van der Waals surface area contributed by atoms with Crippen LogP contribution in [0, 0.1) is 6.92 Å². The van der Waals surface area contributed by atoms with Gasteiger partial charge in [0.2, 0.25) is 10.0 Å². The molecule has 1 aliphatic rings. The molecule has 1 aromatic carbocycles. The highest BCUT2D eigenvalue weighted by atomic mass is 35.5. The van der Waals surface area contributed by atoms with E-state index in [1.54, 1.807) is 44.5 Å². The third-order valence-electron chi connectivity index (χ3n) is 6.57. The van der Waals surface area contributed by atoms with Crippen molar-refractivity contribution in [1.29, 1.82) is 0 Å². The number of ether oxygens (including phenoxy) is 2. The summed E-state index contributed by atoms with van der Waals surface area (Å²) in [5.74, 6) is 1.28. The number of fused-ring (bicyclic) bond motifs is 1. The van der Waals surface area contributed by atoms with E-state index in [-0.39, 0.29) is 29.6 Å². The number of rotatable bonds is 5. The standard InChI is InChI=1S/C27H32ClN7O5S/c1-16-14-34(26(36)40-27(3,4)5)11-12-35(16)41(37,38)19-9-7-18(8-10-19)39-23-21(28)13-29-25-22(23)30-24(31-25)20-15-33(6)32-17(20)2/h7-10,13,15-16H,11-12,14H2,1-6H3,(H,29,30,31). The second-order valence-corrected chi connectivity index (χ2v) is 13.3. The van der Waals surface area contributed by atoms with Crippen molar-refractivity contribution in [2.75, 3.05) is 19.6 Å². The van der Waals surface area contributed by atoms with Gasteiger partial charge in [-0.2, -0.15) is 9.40 Å². The van der Waals surface area contributed by atoms with Crippen LogP contribution in [0.5, 0.6) is 11.5 Å². The summed E-state index contributed by atoms with van der Waals surface area (Å²) in [4.78, 5) is 26.2. The van der Waals surface area contributed by atoms with Crippen molar-refractivity contribution in [3.05, 3.63) is 47.4 Å². The minimum atomic E-state index is -3.82. The maximum atomic E-state index is 13.5. The van der Waals surface area contributed by atoms with Crippen molar-refractivity contribution in [2.24, 2.45) is 7.05 Å². The molecule has 1 fully saturated rings. The largest absolute Gasteiger partial charge is 0.453 e. The number of hydrogen-bond donors (Lipinski definition) is 1. The number of imidazole rings is 1. The van der Waals surface area contributed by atoms with E-state index in [4.69, 9.17) is 21.1 Å². The van der Waals surface area contributed by atoms with Crippen LogP contribution in [-0.2, 0) is 21.8 Å². The van der Waals surface area contributed by atoms with Crippen LogP contribution in [-0.4, -0.2) is 79.7 Å². The van der Waals surface area contributed by atoms with Crippen LogP contribution in [0.1, 0.15) is 33.4 Å². The predicted molar refractivity (Wildman–Crippen MR) is 154 cm³/mol. The van der Waals surface area contributed by atoms with E-state index in [2.05, 4.69) is 20.1 Å². The van der Waals surface area contributed by atoms with Gasteiger partial charge >= 0.3 is 6.09 Å². The number of aryl methyl sites for hydroxylation is 2. The maximum Gasteiger partial charge on any atom is 0.410 e. The van der Waals surface area contributed by atoms with E-state index in [0.717, 1.165) is 11.3 Å². The Labute approximate surface area is 243 Å². The van der Waals surface area contributed by atoms with Crippen LogP contribution in [0.3, 0.4) is 0 Å². The van der Waals surface area contributed by atoms with E-state index in [1.165, 1.54) is 27.5 Å². The minimum absolute atomic E-state index is 0.115. The Hall–Kier alpha value is -3.68. The number of aromatic nitrogens is 5. The van der Waals surface area contributed by atoms with E-state index < -0.39 is 27.8 Å². The van der Waals surface area contributed by atoms with Crippen LogP contribution in [0.4, 0.5) is 4.79 Å². The highest BCUT2D eigenvalue weighted by Gasteiger charge is 2.36. The summed E-state index contributed by atoms with van der Waals surface area (Å²) in [7, 11) is -1.99. The van der Waals surface area contributed by atoms with Gasteiger partial charge in [0.1, 0.15) is 27.7 Å². The number of benzene rings is 1. The van der Waals surface area contributed by atoms with Crippen molar-refractivity contribution in [2.45, 2.75) is 51.2 Å². The molecule has 1 aliphatic heterocycles. The molecule has 4 heterocycles. The number of pyridine rings is 1. The van der Waals surface area contributed by atoms with Gasteiger partial charge in [-0.25, -0.2) is 23.2 Å². The van der Waals surface area contributed by atoms with Crippen LogP contribution in [0.25, 0.3) is 22.6 Å². The van der Waals surface area contributed by atoms with Gasteiger partial charge in [-0.3, -0.25) is 4.68 Å². The molecule has 0 spiro atoms. The second kappa shape index (κ2) is 10.6. The second-order valence-electron chi connectivity index (χ2n) is 11.0. The third kappa shape index (κ3) is 5.88. The molecule has 3 aromatic heterocycles. The molecule has 1 N–H and O–H groups in total. The molecule has 12 nitrogen and oxygen atoms in total. The van der Waals surface area contributed by atoms with Gasteiger partial charge in [0.15, 0.2) is 11.4 Å². The first-order valence-electron chi connectivity index (χ1n) is 13.1. The molecule has 1 unspecified atom stereocenters. The Kier molecular flexibility index (Phi) is 7.47. The van der Waals surface area contributed by atoms with Crippen LogP contribution in [0.15, 0.2) is 41.6 Å². The average Bonchev–Trinajstić information content (AvgIpc) is 3.47. The average molecular weight is 602 g/mol. The smallest absolute Gasteiger partial charge is 0.410 e. The molecular weight excluding hydrogens is 570 g/mol. The lowest BCUT2D eigenvalue weighted by Crippen LogP contribution is -2.55. The van der Waals surface area contributed by atoms with Gasteiger partial charge in [0.25, 0.3) is 0 Å². The van der Waals surface area contributed by atoms with Crippen LogP contribution in [0.2, 0.25) is 5.02 Å². The van der Waals surface area contributed by atoms with Crippen molar-refractivity contribution in [1.82, 2.24) is 33.9 Å². The Morgan fingerprint density at radius 2 is 1.88 bits per heavy atom. The number of sulfonamides is 1. The summed E-state index contributed by atoms with van der Waals surface area (Å²) in [5.41, 5.74) is 1.92. The summed E-state index contributed by atoms with van der Waals surface area (Å²) >= 11 is 6.44. The lowest BCUT2D eigenvalue weighted by molar-refractivity contribution is 0.0143. The normalized spacial score (nSPS) is 16.8. The summed E-state index contributed by atoms with van der Waals surface area (Å²) in [5, 5.41) is 4.63. The van der Waals surface area contributed by atoms with Gasteiger partial charge in [0.05, 0.1) is 22.3 Å². The number of halogens is 1. The minimum Gasteiger partial charge on any atom is -0.453 e. The molecule has 218 valence electrons. The van der Waals surface area contributed by atoms with Gasteiger partial charge in [-0.15, -0.1) is 0 Å². The van der Waals surface area contributed by atoms with Crippen LogP contribution >= 0.6 is 11.6 Å². The molecule has 41 heavy (non-hydrogen) atoms. The van der Waals surface area contributed by atoms with E-state index in [0.29, 0.717) is 28.5 Å². The highest BCUT2D eigenvalue weighted by Crippen LogP contribution is 2.36. The Morgan fingerprint density at radius 1 is 1.17 bits per heavy atom. The molecule has 14 heteroatoms. The van der Waals surface area contributed by atoms with Crippen molar-refractivity contribution >= 4 is 38.9 Å². The van der Waals surface area contributed by atoms with Gasteiger partial charge < -0.3 is 19.4 Å². The maximum absolute atomic E-state index is 13.5. The van der Waals surface area contributed by atoms with Gasteiger partial charge in [-0.1, -0.05) is 11.6 Å². The fourth-order valence-electron chi connectivity index (χ4n) is 4.69. The molecular formula is C27H32ClN7O5S. The Morgan fingerprint density at radius 3 is 2.49 bits per heavy atom. The van der Waals surface area contributed by atoms with E-state index >= 15 is 0 Å². The van der Waals surface area contributed by atoms with Gasteiger partial charge in [0, 0.05) is 38.9 Å². The lowest BCUT2D eigenvalue weighted by atomic mass is 10.2. The molecule has 1 atom stereocenters. The zero-order valence-corrected chi connectivity index (χ0v) is 25.2. The first-order valence-corrected chi connectivity index (χ1v) is 14.9. The number of aromatic amines is 1. The molecule has 0 bridgehead atoms. The molecule has 0 aliphatic carbocycles. The summed E-state index contributed by atoms with van der Waals surface area (Å²) in [6.45, 7) is 9.67. The zero-order chi connectivity index (χ0) is 29.7. The lowest BCUT2D eigenvalue weighted by Gasteiger charge is -2.39. The number of hydrogen-bond acceptors (Lipinski definition) is 8. The van der Waals surface area contributed by atoms with E-state index in [9.17, 15) is 13.2 Å². The number of nitrogens with one attached hydrogen (secondary N) is 1. The predicted octanol–water partition coefficient (Wildman–Crippen LogP) is 4.74. The number of amides is 1. The topological polar surface area (TPSA) is 136 Å². The first-order chi connectivity index (χ1) is 19.2. The number of nitrogens with zero attached hydrogens (tertiary/aromatic N) is 6. The number of piperazine rings is 1. The van der Waals surface area contributed by atoms with Crippen LogP contribution < -0.4 is 4.74 Å². The van der Waals surface area contributed by atoms with Crippen molar-refractivity contribution < 1.29 is 22.7 Å². The molecule has 1 amide bonds. The van der Waals surface area contributed by atoms with Crippen molar-refractivity contribution in [3.8, 4) is 22.9 Å². The first kappa shape index (κ1) is 28.8. The summed E-state index contributed by atoms with van der Waals surface area (Å²) in [6.07, 6.45) is 2.86. The summed E-state index contributed by atoms with van der Waals surface area (Å²) in [6, 6.07) is 5.68. The number of carbonyl (C=O) groups excluding carboxylic acids is 1. The zero-order valence-electron chi connectivity index (χ0n) is 23.7. The molecule has 0 radical (unpaired) electrons. The quantitative estimate of drug-likeness (QED) is 0.346. The molecule has 4 aromatic rings. The molecule has 5 rings (SSSR count). The molecule has 1 saturated heterocycles. The number of H-pyrrole nitrogens is 1. The fourth-order valence-corrected chi connectivity index (χ4v) is 6.49. The van der Waals surface area contributed by atoms with Gasteiger partial charge in [-0.05, 0) is 58.9 Å². The summed E-state index contributed by atoms with van der Waals surface area (Å²) < 4.78 is 41.6. The number of carbonyl (C=O) groups is 1. The fraction of sp³-hybridized carbons (Fsp3) is 0.407. The van der Waals surface area contributed by atoms with Crippen molar-refractivity contribution in [3.63, 3.8) is 0 Å². The third-order valence-corrected chi connectivity index (χ3v) is 8.86. The Balaban J connectivity index is 1.33. The SMILES string of the molecule is Cc1nn(C)cc1-c1nc2ncc(Cl)c(Oc3ccc(S(=O)(=O)N4CCN(C(=O)OC(C)(C)C)CC4C)cc3)c2[nH]1. The highest BCUT2D eigenvalue weighted by molar-refractivity contribution is 7.89. The van der Waals surface area contributed by atoms with E-state index in [1.807, 2.05) is 20.2 Å².